The summed E-state index contributed by atoms with van der Waals surface area (Å²) < 4.78 is 23.1. The van der Waals surface area contributed by atoms with E-state index in [4.69, 9.17) is 0 Å². The lowest BCUT2D eigenvalue weighted by Gasteiger charge is -2.36. The van der Waals surface area contributed by atoms with Crippen molar-refractivity contribution in [1.82, 2.24) is 10.2 Å². The monoisotopic (exact) mass is 296 g/mol. The van der Waals surface area contributed by atoms with E-state index < -0.39 is 9.84 Å². The van der Waals surface area contributed by atoms with Gasteiger partial charge in [0, 0.05) is 37.0 Å². The molecule has 1 aromatic rings. The fourth-order valence-electron chi connectivity index (χ4n) is 2.53. The average molecular weight is 296 g/mol. The molecule has 1 heterocycles. The number of amides is 1. The Balaban J connectivity index is 2.25. The molecule has 0 bridgehead atoms. The molecule has 110 valence electrons. The van der Waals surface area contributed by atoms with Crippen LogP contribution in [0, 0.1) is 0 Å². The van der Waals surface area contributed by atoms with E-state index in [0.29, 0.717) is 18.7 Å². The highest BCUT2D eigenvalue weighted by Crippen LogP contribution is 2.15. The molecular weight excluding hydrogens is 276 g/mol. The summed E-state index contributed by atoms with van der Waals surface area (Å²) in [6.45, 7) is 5.32. The third-order valence-corrected chi connectivity index (χ3v) is 4.46. The summed E-state index contributed by atoms with van der Waals surface area (Å²) in [5.41, 5.74) is 0.425. The van der Waals surface area contributed by atoms with Gasteiger partial charge in [0.05, 0.1) is 4.90 Å². The minimum absolute atomic E-state index is 0.115. The first-order chi connectivity index (χ1) is 9.27. The fourth-order valence-corrected chi connectivity index (χ4v) is 3.20. The molecule has 1 aliphatic heterocycles. The number of hydrogen-bond donors (Lipinski definition) is 1. The molecule has 1 N–H and O–H groups in total. The molecule has 1 saturated heterocycles. The van der Waals surface area contributed by atoms with E-state index in [0.717, 1.165) is 6.26 Å². The second kappa shape index (κ2) is 5.54. The van der Waals surface area contributed by atoms with Crippen molar-refractivity contribution in [3.63, 3.8) is 0 Å². The van der Waals surface area contributed by atoms with Gasteiger partial charge in [-0.05, 0) is 32.0 Å². The summed E-state index contributed by atoms with van der Waals surface area (Å²) in [5, 5.41) is 3.36. The van der Waals surface area contributed by atoms with E-state index in [1.165, 1.54) is 12.1 Å². The quantitative estimate of drug-likeness (QED) is 0.881. The van der Waals surface area contributed by atoms with Crippen LogP contribution in [0.25, 0.3) is 0 Å². The lowest BCUT2D eigenvalue weighted by atomic mass is 10.1. The van der Waals surface area contributed by atoms with Crippen LogP contribution >= 0.6 is 0 Å². The van der Waals surface area contributed by atoms with E-state index in [9.17, 15) is 13.2 Å². The van der Waals surface area contributed by atoms with Crippen LogP contribution in [-0.4, -0.2) is 50.7 Å². The molecule has 2 rings (SSSR count). The zero-order valence-electron chi connectivity index (χ0n) is 12.0. The van der Waals surface area contributed by atoms with E-state index in [2.05, 4.69) is 5.32 Å². The van der Waals surface area contributed by atoms with Crippen LogP contribution in [0.4, 0.5) is 0 Å². The molecule has 5 nitrogen and oxygen atoms in total. The molecule has 20 heavy (non-hydrogen) atoms. The smallest absolute Gasteiger partial charge is 0.254 e. The van der Waals surface area contributed by atoms with Gasteiger partial charge in [-0.15, -0.1) is 0 Å². The van der Waals surface area contributed by atoms with Gasteiger partial charge in [-0.1, -0.05) is 6.07 Å². The molecule has 0 spiro atoms. The summed E-state index contributed by atoms with van der Waals surface area (Å²) in [5.74, 6) is -0.115. The highest BCUT2D eigenvalue weighted by atomic mass is 32.2. The molecule has 1 amide bonds. The Morgan fingerprint density at radius 1 is 1.25 bits per heavy atom. The van der Waals surface area contributed by atoms with Crippen LogP contribution in [0.15, 0.2) is 29.2 Å². The van der Waals surface area contributed by atoms with Crippen LogP contribution < -0.4 is 5.32 Å². The lowest BCUT2D eigenvalue weighted by Crippen LogP contribution is -2.55. The Kier molecular flexibility index (Phi) is 4.15. The summed E-state index contributed by atoms with van der Waals surface area (Å²) in [4.78, 5) is 14.4. The van der Waals surface area contributed by atoms with Gasteiger partial charge in [0.1, 0.15) is 0 Å². The SMILES string of the molecule is CC1CN(C(=O)c2cccc(S(C)(=O)=O)c2)CC(C)N1. The lowest BCUT2D eigenvalue weighted by molar-refractivity contribution is 0.0673. The number of piperazine rings is 1. The van der Waals surface area contributed by atoms with E-state index in [-0.39, 0.29) is 22.9 Å². The van der Waals surface area contributed by atoms with Crippen LogP contribution in [0.5, 0.6) is 0 Å². The normalized spacial score (nSPS) is 23.6. The Labute approximate surface area is 119 Å². The number of nitrogens with zero attached hydrogens (tertiary/aromatic N) is 1. The van der Waals surface area contributed by atoms with E-state index in [1.807, 2.05) is 13.8 Å². The summed E-state index contributed by atoms with van der Waals surface area (Å²) in [6.07, 6.45) is 1.14. The second-order valence-corrected chi connectivity index (χ2v) is 7.49. The van der Waals surface area contributed by atoms with Crippen molar-refractivity contribution < 1.29 is 13.2 Å². The number of hydrogen-bond acceptors (Lipinski definition) is 4. The summed E-state index contributed by atoms with van der Waals surface area (Å²) >= 11 is 0. The Bertz CT molecular complexity index is 603. The van der Waals surface area contributed by atoms with Gasteiger partial charge in [-0.3, -0.25) is 4.79 Å². The predicted octanol–water partition coefficient (Wildman–Crippen LogP) is 0.913. The van der Waals surface area contributed by atoms with Crippen molar-refractivity contribution in [3.8, 4) is 0 Å². The van der Waals surface area contributed by atoms with Crippen molar-refractivity contribution >= 4 is 15.7 Å². The molecule has 6 heteroatoms. The second-order valence-electron chi connectivity index (χ2n) is 5.48. The maximum absolute atomic E-state index is 12.5. The topological polar surface area (TPSA) is 66.5 Å². The molecule has 0 saturated carbocycles. The van der Waals surface area contributed by atoms with Crippen LogP contribution in [0.3, 0.4) is 0 Å². The third kappa shape index (κ3) is 3.37. The van der Waals surface area contributed by atoms with Gasteiger partial charge in [0.15, 0.2) is 9.84 Å². The van der Waals surface area contributed by atoms with Crippen molar-refractivity contribution in [3.05, 3.63) is 29.8 Å². The number of benzene rings is 1. The molecular formula is C14H20N2O3S. The predicted molar refractivity (Wildman–Crippen MR) is 77.5 cm³/mol. The number of rotatable bonds is 2. The van der Waals surface area contributed by atoms with Crippen molar-refractivity contribution in [2.24, 2.45) is 0 Å². The molecule has 2 unspecified atom stereocenters. The van der Waals surface area contributed by atoms with Crippen molar-refractivity contribution in [1.29, 1.82) is 0 Å². The van der Waals surface area contributed by atoms with Crippen LogP contribution in [-0.2, 0) is 9.84 Å². The van der Waals surface area contributed by atoms with Crippen molar-refractivity contribution in [2.75, 3.05) is 19.3 Å². The van der Waals surface area contributed by atoms with Gasteiger partial charge in [0.25, 0.3) is 5.91 Å². The molecule has 1 aromatic carbocycles. The highest BCUT2D eigenvalue weighted by molar-refractivity contribution is 7.90. The molecule has 0 aliphatic carbocycles. The maximum Gasteiger partial charge on any atom is 0.254 e. The Morgan fingerprint density at radius 3 is 2.40 bits per heavy atom. The molecule has 1 fully saturated rings. The third-order valence-electron chi connectivity index (χ3n) is 3.35. The van der Waals surface area contributed by atoms with Gasteiger partial charge < -0.3 is 10.2 Å². The number of carbonyl (C=O) groups is 1. The fraction of sp³-hybridized carbons (Fsp3) is 0.500. The summed E-state index contributed by atoms with van der Waals surface area (Å²) in [7, 11) is -3.29. The largest absolute Gasteiger partial charge is 0.336 e. The summed E-state index contributed by atoms with van der Waals surface area (Å²) in [6, 6.07) is 6.71. The van der Waals surface area contributed by atoms with Crippen molar-refractivity contribution in [2.45, 2.75) is 30.8 Å². The molecule has 1 aliphatic rings. The van der Waals surface area contributed by atoms with Gasteiger partial charge in [0.2, 0.25) is 0 Å². The zero-order valence-corrected chi connectivity index (χ0v) is 12.8. The maximum atomic E-state index is 12.5. The van der Waals surface area contributed by atoms with E-state index in [1.54, 1.807) is 17.0 Å². The van der Waals surface area contributed by atoms with Crippen LogP contribution in [0.1, 0.15) is 24.2 Å². The van der Waals surface area contributed by atoms with Gasteiger partial charge >= 0.3 is 0 Å². The minimum atomic E-state index is -3.29. The Hall–Kier alpha value is -1.40. The first-order valence-corrected chi connectivity index (χ1v) is 8.52. The highest BCUT2D eigenvalue weighted by Gasteiger charge is 2.25. The van der Waals surface area contributed by atoms with E-state index >= 15 is 0 Å². The number of sulfone groups is 1. The van der Waals surface area contributed by atoms with Crippen LogP contribution in [0.2, 0.25) is 0 Å². The molecule has 0 radical (unpaired) electrons. The average Bonchev–Trinajstić information content (AvgIpc) is 2.36. The first kappa shape index (κ1) is 15.0. The van der Waals surface area contributed by atoms with Gasteiger partial charge in [-0.2, -0.15) is 0 Å². The number of carbonyl (C=O) groups excluding carboxylic acids is 1. The van der Waals surface area contributed by atoms with Gasteiger partial charge in [-0.25, -0.2) is 8.42 Å². The Morgan fingerprint density at radius 2 is 1.85 bits per heavy atom. The first-order valence-electron chi connectivity index (χ1n) is 6.63. The molecule has 0 aromatic heterocycles. The standard InChI is InChI=1S/C14H20N2O3S/c1-10-8-16(9-11(2)15-10)14(17)12-5-4-6-13(7-12)20(3,18)19/h4-7,10-11,15H,8-9H2,1-3H3. The molecule has 2 atom stereocenters. The number of nitrogens with one attached hydrogen (secondary N) is 1. The minimum Gasteiger partial charge on any atom is -0.336 e. The zero-order chi connectivity index (χ0) is 14.9.